The van der Waals surface area contributed by atoms with E-state index in [4.69, 9.17) is 4.74 Å². The minimum absolute atomic E-state index is 0.0303. The van der Waals surface area contributed by atoms with E-state index in [1.807, 2.05) is 54.8 Å². The Bertz CT molecular complexity index is 832. The summed E-state index contributed by atoms with van der Waals surface area (Å²) in [5.41, 5.74) is 2.94. The summed E-state index contributed by atoms with van der Waals surface area (Å²) >= 11 is 1.51. The highest BCUT2D eigenvalue weighted by molar-refractivity contribution is 7.09. The monoisotopic (exact) mass is 367 g/mol. The van der Waals surface area contributed by atoms with Crippen LogP contribution in [0.1, 0.15) is 22.0 Å². The first-order chi connectivity index (χ1) is 12.7. The number of hydrogen-bond acceptors (Lipinski definition) is 5. The SMILES string of the molecule is Cc1ccc(OCc2nc(CC(=O)NCCc3ccccn3)cs2)cc1. The molecule has 1 N–H and O–H groups in total. The second kappa shape index (κ2) is 9.10. The van der Waals surface area contributed by atoms with Crippen molar-refractivity contribution in [1.82, 2.24) is 15.3 Å². The summed E-state index contributed by atoms with van der Waals surface area (Å²) in [5, 5.41) is 5.68. The molecule has 134 valence electrons. The highest BCUT2D eigenvalue weighted by Crippen LogP contribution is 2.16. The Morgan fingerprint density at radius 1 is 1.15 bits per heavy atom. The molecule has 0 spiro atoms. The fourth-order valence-electron chi connectivity index (χ4n) is 2.38. The van der Waals surface area contributed by atoms with Crippen molar-refractivity contribution in [2.75, 3.05) is 6.54 Å². The Labute approximate surface area is 157 Å². The maximum Gasteiger partial charge on any atom is 0.226 e. The van der Waals surface area contributed by atoms with Crippen LogP contribution < -0.4 is 10.1 Å². The molecule has 1 aromatic carbocycles. The predicted octanol–water partition coefficient (Wildman–Crippen LogP) is 3.33. The first kappa shape index (κ1) is 18.1. The number of thiazole rings is 1. The highest BCUT2D eigenvalue weighted by Gasteiger charge is 2.08. The van der Waals surface area contributed by atoms with Gasteiger partial charge in [0.1, 0.15) is 17.4 Å². The van der Waals surface area contributed by atoms with Crippen LogP contribution in [-0.2, 0) is 24.2 Å². The predicted molar refractivity (Wildman–Crippen MR) is 102 cm³/mol. The van der Waals surface area contributed by atoms with Crippen LogP contribution in [0.2, 0.25) is 0 Å². The van der Waals surface area contributed by atoms with Gasteiger partial charge in [-0.25, -0.2) is 4.98 Å². The van der Waals surface area contributed by atoms with Gasteiger partial charge < -0.3 is 10.1 Å². The zero-order chi connectivity index (χ0) is 18.2. The summed E-state index contributed by atoms with van der Waals surface area (Å²) in [6.45, 7) is 3.02. The van der Waals surface area contributed by atoms with Crippen LogP contribution in [0.3, 0.4) is 0 Å². The second-order valence-electron chi connectivity index (χ2n) is 5.93. The van der Waals surface area contributed by atoms with E-state index in [0.717, 1.165) is 28.6 Å². The molecule has 0 bridgehead atoms. The van der Waals surface area contributed by atoms with Crippen LogP contribution in [0.25, 0.3) is 0 Å². The van der Waals surface area contributed by atoms with Crippen LogP contribution in [-0.4, -0.2) is 22.4 Å². The number of hydrogen-bond donors (Lipinski definition) is 1. The summed E-state index contributed by atoms with van der Waals surface area (Å²) in [4.78, 5) is 20.7. The number of amides is 1. The van der Waals surface area contributed by atoms with Gasteiger partial charge in [0.25, 0.3) is 0 Å². The van der Waals surface area contributed by atoms with Crippen LogP contribution in [0, 0.1) is 6.92 Å². The molecule has 3 aromatic rings. The van der Waals surface area contributed by atoms with Crippen LogP contribution in [0.4, 0.5) is 0 Å². The van der Waals surface area contributed by atoms with Gasteiger partial charge in [0, 0.05) is 30.2 Å². The summed E-state index contributed by atoms with van der Waals surface area (Å²) in [7, 11) is 0. The lowest BCUT2D eigenvalue weighted by Crippen LogP contribution is -2.27. The molecule has 2 aromatic heterocycles. The van der Waals surface area contributed by atoms with E-state index >= 15 is 0 Å². The van der Waals surface area contributed by atoms with E-state index in [1.165, 1.54) is 16.9 Å². The van der Waals surface area contributed by atoms with Gasteiger partial charge in [0.2, 0.25) is 5.91 Å². The number of aromatic nitrogens is 2. The number of carbonyl (C=O) groups excluding carboxylic acids is 1. The van der Waals surface area contributed by atoms with Crippen molar-refractivity contribution in [2.45, 2.75) is 26.4 Å². The van der Waals surface area contributed by atoms with Crippen LogP contribution in [0.5, 0.6) is 5.75 Å². The molecule has 0 saturated carbocycles. The molecule has 2 heterocycles. The average Bonchev–Trinajstić information content (AvgIpc) is 3.09. The lowest BCUT2D eigenvalue weighted by Gasteiger charge is -2.04. The zero-order valence-corrected chi connectivity index (χ0v) is 15.5. The zero-order valence-electron chi connectivity index (χ0n) is 14.6. The topological polar surface area (TPSA) is 64.1 Å². The van der Waals surface area contributed by atoms with E-state index in [0.29, 0.717) is 13.2 Å². The Balaban J connectivity index is 1.41. The Kier molecular flexibility index (Phi) is 6.33. The lowest BCUT2D eigenvalue weighted by molar-refractivity contribution is -0.120. The molecule has 3 rings (SSSR count). The Morgan fingerprint density at radius 2 is 2.00 bits per heavy atom. The van der Waals surface area contributed by atoms with Crippen LogP contribution in [0.15, 0.2) is 54.0 Å². The maximum atomic E-state index is 12.0. The molecule has 5 nitrogen and oxygen atoms in total. The number of rotatable bonds is 8. The van der Waals surface area contributed by atoms with Crippen molar-refractivity contribution in [1.29, 1.82) is 0 Å². The number of pyridine rings is 1. The van der Waals surface area contributed by atoms with Crippen LogP contribution >= 0.6 is 11.3 Å². The van der Waals surface area contributed by atoms with Crippen molar-refractivity contribution in [3.05, 3.63) is 76.0 Å². The molecule has 0 radical (unpaired) electrons. The molecule has 0 aliphatic heterocycles. The van der Waals surface area contributed by atoms with Crippen molar-refractivity contribution in [3.8, 4) is 5.75 Å². The minimum atomic E-state index is -0.0303. The lowest BCUT2D eigenvalue weighted by atomic mass is 10.2. The first-order valence-electron chi connectivity index (χ1n) is 8.48. The van der Waals surface area contributed by atoms with Gasteiger partial charge >= 0.3 is 0 Å². The number of ether oxygens (including phenoxy) is 1. The largest absolute Gasteiger partial charge is 0.486 e. The highest BCUT2D eigenvalue weighted by atomic mass is 32.1. The van der Waals surface area contributed by atoms with Gasteiger partial charge in [-0.1, -0.05) is 23.8 Å². The molecule has 6 heteroatoms. The van der Waals surface area contributed by atoms with Gasteiger partial charge in [-0.2, -0.15) is 0 Å². The molecule has 0 fully saturated rings. The quantitative estimate of drug-likeness (QED) is 0.663. The van der Waals surface area contributed by atoms with Crippen molar-refractivity contribution in [3.63, 3.8) is 0 Å². The van der Waals surface area contributed by atoms with Gasteiger partial charge in [-0.15, -0.1) is 11.3 Å². The number of nitrogens with one attached hydrogen (secondary N) is 1. The third-order valence-electron chi connectivity index (χ3n) is 3.75. The maximum absolute atomic E-state index is 12.0. The van der Waals surface area contributed by atoms with Crippen molar-refractivity contribution < 1.29 is 9.53 Å². The summed E-state index contributed by atoms with van der Waals surface area (Å²) in [6.07, 6.45) is 2.76. The van der Waals surface area contributed by atoms with E-state index in [9.17, 15) is 4.79 Å². The number of benzene rings is 1. The minimum Gasteiger partial charge on any atom is -0.486 e. The smallest absolute Gasteiger partial charge is 0.226 e. The van der Waals surface area contributed by atoms with Crippen molar-refractivity contribution in [2.24, 2.45) is 0 Å². The summed E-state index contributed by atoms with van der Waals surface area (Å²) < 4.78 is 5.72. The molecule has 1 amide bonds. The molecular formula is C20H21N3O2S. The van der Waals surface area contributed by atoms with E-state index in [2.05, 4.69) is 15.3 Å². The molecule has 0 atom stereocenters. The third-order valence-corrected chi connectivity index (χ3v) is 4.62. The third kappa shape index (κ3) is 5.67. The fourth-order valence-corrected chi connectivity index (χ4v) is 3.08. The Hall–Kier alpha value is -2.73. The van der Waals surface area contributed by atoms with E-state index in [-0.39, 0.29) is 12.3 Å². The normalized spacial score (nSPS) is 10.5. The number of carbonyl (C=O) groups is 1. The van der Waals surface area contributed by atoms with E-state index in [1.54, 1.807) is 6.20 Å². The second-order valence-corrected chi connectivity index (χ2v) is 6.87. The van der Waals surface area contributed by atoms with Gasteiger partial charge in [-0.3, -0.25) is 9.78 Å². The standard InChI is InChI=1S/C20H21N3O2S/c1-15-5-7-18(8-6-15)25-13-20-23-17(14-26-20)12-19(24)22-11-9-16-4-2-3-10-21-16/h2-8,10,14H,9,11-13H2,1H3,(H,22,24). The van der Waals surface area contributed by atoms with Gasteiger partial charge in [0.05, 0.1) is 12.1 Å². The van der Waals surface area contributed by atoms with Gasteiger partial charge in [-0.05, 0) is 31.2 Å². The molecule has 0 aliphatic rings. The molecule has 0 saturated heterocycles. The number of aryl methyl sites for hydroxylation is 1. The Morgan fingerprint density at radius 3 is 2.77 bits per heavy atom. The van der Waals surface area contributed by atoms with Gasteiger partial charge in [0.15, 0.2) is 0 Å². The molecule has 26 heavy (non-hydrogen) atoms. The molecule has 0 aliphatic carbocycles. The molecule has 0 unspecified atom stereocenters. The summed E-state index contributed by atoms with van der Waals surface area (Å²) in [5.74, 6) is 0.789. The fraction of sp³-hybridized carbons (Fsp3) is 0.250. The average molecular weight is 367 g/mol. The molecular weight excluding hydrogens is 346 g/mol. The summed E-state index contributed by atoms with van der Waals surface area (Å²) in [6, 6.07) is 13.7. The number of nitrogens with zero attached hydrogens (tertiary/aromatic N) is 2. The van der Waals surface area contributed by atoms with E-state index < -0.39 is 0 Å². The first-order valence-corrected chi connectivity index (χ1v) is 9.36. The van der Waals surface area contributed by atoms with Crippen molar-refractivity contribution >= 4 is 17.2 Å².